The molecule has 0 amide bonds. The van der Waals surface area contributed by atoms with Crippen LogP contribution in [-0.2, 0) is 0 Å². The monoisotopic (exact) mass is 365 g/mol. The lowest BCUT2D eigenvalue weighted by Gasteiger charge is -2.02. The number of quaternary nitrogens is 1. The van der Waals surface area contributed by atoms with Crippen LogP contribution in [0.3, 0.4) is 0 Å². The molecule has 1 aliphatic rings. The summed E-state index contributed by atoms with van der Waals surface area (Å²) in [6.45, 7) is 0. The Morgan fingerprint density at radius 3 is 2.38 bits per heavy atom. The standard InChI is InChI=1S/C19H15N5O.ClH/c20-19(21)11-5-7-12(8-6-11)23-24-18-16(25)10-9-14-13-3-1-2-4-15(13)22-17(14)18;/h1-10,22,25H,(H3,20,21);1H. The number of nitrogens with two attached hydrogens (primary N) is 2. The van der Waals surface area contributed by atoms with Crippen molar-refractivity contribution < 1.29 is 22.8 Å². The molecule has 3 aromatic carbocycles. The van der Waals surface area contributed by atoms with Crippen LogP contribution in [0.1, 0.15) is 5.56 Å². The molecule has 26 heavy (non-hydrogen) atoms. The zero-order valence-electron chi connectivity index (χ0n) is 13.6. The molecule has 6 N–H and O–H groups in total. The lowest BCUT2D eigenvalue weighted by atomic mass is 10.1. The van der Waals surface area contributed by atoms with Crippen molar-refractivity contribution in [1.29, 1.82) is 5.41 Å². The first-order chi connectivity index (χ1) is 12.1. The van der Waals surface area contributed by atoms with Gasteiger partial charge in [0.25, 0.3) is 0 Å². The Morgan fingerprint density at radius 2 is 1.65 bits per heavy atom. The van der Waals surface area contributed by atoms with Gasteiger partial charge < -0.3 is 23.2 Å². The number of aromatic hydroxyl groups is 1. The van der Waals surface area contributed by atoms with Gasteiger partial charge in [0.05, 0.1) is 11.3 Å². The highest BCUT2D eigenvalue weighted by atomic mass is 35.5. The maximum absolute atomic E-state index is 10.2. The van der Waals surface area contributed by atoms with Crippen molar-refractivity contribution in [2.45, 2.75) is 0 Å². The predicted molar refractivity (Wildman–Crippen MR) is 96.4 cm³/mol. The molecule has 0 aliphatic carbocycles. The lowest BCUT2D eigenvalue weighted by molar-refractivity contribution is -0.472. The van der Waals surface area contributed by atoms with Gasteiger partial charge in [-0.05, 0) is 42.5 Å². The molecule has 0 atom stereocenters. The number of fused-ring (bicyclic) bond motifs is 3. The van der Waals surface area contributed by atoms with Gasteiger partial charge in [0.15, 0.2) is 11.4 Å². The zero-order valence-corrected chi connectivity index (χ0v) is 14.4. The Kier molecular flexibility index (Phi) is 4.71. The van der Waals surface area contributed by atoms with E-state index in [4.69, 9.17) is 11.1 Å². The number of halogens is 1. The number of hydrogen-bond acceptors (Lipinski definition) is 4. The highest BCUT2D eigenvalue weighted by Crippen LogP contribution is 2.45. The van der Waals surface area contributed by atoms with Crippen molar-refractivity contribution in [2.75, 3.05) is 0 Å². The molecule has 1 heterocycles. The number of azo groups is 1. The van der Waals surface area contributed by atoms with Crippen molar-refractivity contribution in [3.63, 3.8) is 0 Å². The van der Waals surface area contributed by atoms with Crippen LogP contribution in [0.4, 0.5) is 22.7 Å². The van der Waals surface area contributed by atoms with Crippen molar-refractivity contribution in [2.24, 2.45) is 16.0 Å². The smallest absolute Gasteiger partial charge is 0.189 e. The number of benzene rings is 3. The van der Waals surface area contributed by atoms with Crippen LogP contribution < -0.4 is 23.5 Å². The van der Waals surface area contributed by atoms with E-state index in [1.807, 2.05) is 29.6 Å². The van der Waals surface area contributed by atoms with Crippen LogP contribution in [-0.4, -0.2) is 10.9 Å². The summed E-state index contributed by atoms with van der Waals surface area (Å²) >= 11 is 0. The van der Waals surface area contributed by atoms with Gasteiger partial charge in [0, 0.05) is 17.2 Å². The van der Waals surface area contributed by atoms with Crippen LogP contribution in [0.15, 0.2) is 70.9 Å². The van der Waals surface area contributed by atoms with Crippen molar-refractivity contribution >= 4 is 28.6 Å². The third kappa shape index (κ3) is 3.03. The quantitative estimate of drug-likeness (QED) is 0.184. The number of hydrogen-bond donors (Lipinski definition) is 4. The normalized spacial score (nSPS) is 11.7. The third-order valence-electron chi connectivity index (χ3n) is 4.19. The summed E-state index contributed by atoms with van der Waals surface area (Å²) in [7, 11) is 0. The van der Waals surface area contributed by atoms with Gasteiger partial charge in [0.2, 0.25) is 0 Å². The van der Waals surface area contributed by atoms with Gasteiger partial charge in [-0.1, -0.05) is 12.1 Å². The Balaban J connectivity index is 0.00000196. The first kappa shape index (κ1) is 17.6. The predicted octanol–water partition coefficient (Wildman–Crippen LogP) is 0.603. The maximum atomic E-state index is 10.2. The number of amidine groups is 1. The number of phenolic OH excluding ortho intramolecular Hbond substituents is 1. The molecular weight excluding hydrogens is 350 g/mol. The average Bonchev–Trinajstić information content (AvgIpc) is 3.00. The SMILES string of the molecule is N=C(N)c1ccc(N=Nc2c(O)ccc3c2[NH2+]c2ccccc2-3)cc1.[Cl-]. The second-order valence-corrected chi connectivity index (χ2v) is 5.79. The van der Waals surface area contributed by atoms with Gasteiger partial charge >= 0.3 is 0 Å². The van der Waals surface area contributed by atoms with Gasteiger partial charge in [0.1, 0.15) is 17.3 Å². The highest BCUT2D eigenvalue weighted by Gasteiger charge is 2.27. The van der Waals surface area contributed by atoms with Gasteiger partial charge in [-0.25, -0.2) is 0 Å². The number of rotatable bonds is 3. The summed E-state index contributed by atoms with van der Waals surface area (Å²) in [6.07, 6.45) is 0. The molecule has 0 aromatic heterocycles. The molecule has 4 rings (SSSR count). The molecule has 0 saturated heterocycles. The van der Waals surface area contributed by atoms with E-state index >= 15 is 0 Å². The fourth-order valence-corrected chi connectivity index (χ4v) is 2.92. The average molecular weight is 366 g/mol. The fraction of sp³-hybridized carbons (Fsp3) is 0. The summed E-state index contributed by atoms with van der Waals surface area (Å²) < 4.78 is 0. The summed E-state index contributed by atoms with van der Waals surface area (Å²) in [4.78, 5) is 0. The summed E-state index contributed by atoms with van der Waals surface area (Å²) in [5, 5.41) is 28.1. The summed E-state index contributed by atoms with van der Waals surface area (Å²) in [5.74, 6) is 0.0984. The van der Waals surface area contributed by atoms with Crippen LogP contribution in [0.5, 0.6) is 5.75 Å². The summed E-state index contributed by atoms with van der Waals surface area (Å²) in [6, 6.07) is 18.5. The van der Waals surface area contributed by atoms with E-state index < -0.39 is 0 Å². The van der Waals surface area contributed by atoms with E-state index in [2.05, 4.69) is 16.3 Å². The number of para-hydroxylation sites is 1. The topological polar surface area (TPSA) is 111 Å². The molecule has 6 nitrogen and oxygen atoms in total. The second kappa shape index (κ2) is 6.95. The van der Waals surface area contributed by atoms with Crippen LogP contribution in [0, 0.1) is 5.41 Å². The van der Waals surface area contributed by atoms with Gasteiger partial charge in [-0.3, -0.25) is 10.7 Å². The Hall–Kier alpha value is -3.22. The molecule has 0 spiro atoms. The van der Waals surface area contributed by atoms with E-state index in [1.165, 1.54) is 0 Å². The van der Waals surface area contributed by atoms with Crippen LogP contribution >= 0.6 is 0 Å². The number of nitrogens with zero attached hydrogens (tertiary/aromatic N) is 2. The van der Waals surface area contributed by atoms with Crippen LogP contribution in [0.25, 0.3) is 11.1 Å². The lowest BCUT2D eigenvalue weighted by Crippen LogP contribution is -3.00. The van der Waals surface area contributed by atoms with Crippen molar-refractivity contribution in [3.8, 4) is 16.9 Å². The van der Waals surface area contributed by atoms with Gasteiger partial charge in [-0.2, -0.15) is 5.11 Å². The largest absolute Gasteiger partial charge is 1.00 e. The van der Waals surface area contributed by atoms with Crippen LogP contribution in [0.2, 0.25) is 0 Å². The molecule has 0 saturated carbocycles. The first-order valence-electron chi connectivity index (χ1n) is 7.80. The molecular formula is C19H16ClN5O. The molecule has 3 aromatic rings. The molecule has 0 unspecified atom stereocenters. The Bertz CT molecular complexity index is 1010. The minimum atomic E-state index is 0. The van der Waals surface area contributed by atoms with Crippen molar-refractivity contribution in [1.82, 2.24) is 0 Å². The second-order valence-electron chi connectivity index (χ2n) is 5.79. The number of nitrogens with one attached hydrogen (secondary N) is 1. The van der Waals surface area contributed by atoms with E-state index in [0.29, 0.717) is 16.9 Å². The molecule has 1 aliphatic heterocycles. The molecule has 0 bridgehead atoms. The molecule has 7 heteroatoms. The van der Waals surface area contributed by atoms with E-state index in [0.717, 1.165) is 22.5 Å². The summed E-state index contributed by atoms with van der Waals surface area (Å²) in [5.41, 5.74) is 11.3. The fourth-order valence-electron chi connectivity index (χ4n) is 2.92. The number of nitrogen functional groups attached to an aromatic ring is 1. The number of phenols is 1. The Morgan fingerprint density at radius 1 is 0.923 bits per heavy atom. The zero-order chi connectivity index (χ0) is 17.4. The maximum Gasteiger partial charge on any atom is 0.189 e. The third-order valence-corrected chi connectivity index (χ3v) is 4.19. The Labute approximate surface area is 156 Å². The minimum Gasteiger partial charge on any atom is -1.00 e. The van der Waals surface area contributed by atoms with Gasteiger partial charge in [-0.15, -0.1) is 5.11 Å². The van der Waals surface area contributed by atoms with E-state index in [1.54, 1.807) is 30.3 Å². The van der Waals surface area contributed by atoms with E-state index in [9.17, 15) is 5.11 Å². The first-order valence-corrected chi connectivity index (χ1v) is 7.80. The van der Waals surface area contributed by atoms with E-state index in [-0.39, 0.29) is 24.0 Å². The molecule has 130 valence electrons. The minimum absolute atomic E-state index is 0. The highest BCUT2D eigenvalue weighted by molar-refractivity contribution is 5.95. The molecule has 0 radical (unpaired) electrons. The molecule has 0 fully saturated rings. The van der Waals surface area contributed by atoms with Crippen molar-refractivity contribution in [3.05, 3.63) is 66.2 Å².